The lowest BCUT2D eigenvalue weighted by molar-refractivity contribution is 0.0600. The van der Waals surface area contributed by atoms with E-state index in [0.717, 1.165) is 18.7 Å². The van der Waals surface area contributed by atoms with Crippen molar-refractivity contribution in [2.45, 2.75) is 18.6 Å². The summed E-state index contributed by atoms with van der Waals surface area (Å²) in [5.74, 6) is 0.106. The fourth-order valence-corrected chi connectivity index (χ4v) is 3.69. The number of benzene rings is 2. The zero-order chi connectivity index (χ0) is 15.8. The highest BCUT2D eigenvalue weighted by atomic mass is 16.5. The maximum absolute atomic E-state index is 11.6. The van der Waals surface area contributed by atoms with Gasteiger partial charge in [-0.25, -0.2) is 4.79 Å². The van der Waals surface area contributed by atoms with Crippen molar-refractivity contribution in [3.05, 3.63) is 65.2 Å². The van der Waals surface area contributed by atoms with Crippen molar-refractivity contribution in [2.75, 3.05) is 19.0 Å². The third-order valence-electron chi connectivity index (χ3n) is 4.83. The lowest BCUT2D eigenvalue weighted by Gasteiger charge is -2.36. The largest absolute Gasteiger partial charge is 0.465 e. The predicted octanol–water partition coefficient (Wildman–Crippen LogP) is 3.72. The maximum atomic E-state index is 11.6. The summed E-state index contributed by atoms with van der Waals surface area (Å²) in [7, 11) is 1.40. The topological polar surface area (TPSA) is 47.6 Å². The van der Waals surface area contributed by atoms with Gasteiger partial charge in [-0.2, -0.15) is 0 Å². The molecule has 2 heterocycles. The van der Waals surface area contributed by atoms with Crippen LogP contribution < -0.4 is 5.32 Å². The molecule has 0 aromatic heterocycles. The molecule has 4 nitrogen and oxygen atoms in total. The summed E-state index contributed by atoms with van der Waals surface area (Å²) in [6, 6.07) is 16.2. The number of nitrogens with one attached hydrogen (secondary N) is 1. The molecular weight excluding hydrogens is 290 g/mol. The van der Waals surface area contributed by atoms with Crippen molar-refractivity contribution in [3.8, 4) is 0 Å². The average molecular weight is 309 g/mol. The van der Waals surface area contributed by atoms with Gasteiger partial charge in [0.2, 0.25) is 0 Å². The normalized spacial score (nSPS) is 25.2. The van der Waals surface area contributed by atoms with Crippen LogP contribution in [0.1, 0.15) is 40.1 Å². The van der Waals surface area contributed by atoms with Crippen molar-refractivity contribution in [1.82, 2.24) is 0 Å². The van der Waals surface area contributed by atoms with Crippen LogP contribution in [0.25, 0.3) is 0 Å². The maximum Gasteiger partial charge on any atom is 0.337 e. The van der Waals surface area contributed by atoms with E-state index in [2.05, 4.69) is 23.5 Å². The van der Waals surface area contributed by atoms with Crippen LogP contribution in [0.15, 0.2) is 48.5 Å². The zero-order valence-electron chi connectivity index (χ0n) is 13.0. The first-order valence-corrected chi connectivity index (χ1v) is 7.93. The summed E-state index contributed by atoms with van der Waals surface area (Å²) >= 11 is 0. The Balaban J connectivity index is 1.68. The first-order chi connectivity index (χ1) is 11.3. The Bertz CT molecular complexity index is 726. The molecule has 0 spiro atoms. The summed E-state index contributed by atoms with van der Waals surface area (Å²) in [4.78, 5) is 11.6. The molecule has 4 heteroatoms. The Morgan fingerprint density at radius 2 is 1.96 bits per heavy atom. The Hall–Kier alpha value is -2.33. The van der Waals surface area contributed by atoms with Crippen molar-refractivity contribution in [1.29, 1.82) is 0 Å². The fraction of sp³-hybridized carbons (Fsp3) is 0.316. The van der Waals surface area contributed by atoms with E-state index in [1.807, 2.05) is 30.3 Å². The minimum absolute atomic E-state index is 0.151. The number of carbonyl (C=O) groups excluding carboxylic acids is 1. The number of esters is 1. The van der Waals surface area contributed by atoms with Crippen LogP contribution in [-0.4, -0.2) is 19.7 Å². The van der Waals surface area contributed by atoms with Gasteiger partial charge in [0.15, 0.2) is 0 Å². The van der Waals surface area contributed by atoms with Crippen molar-refractivity contribution >= 4 is 11.7 Å². The highest BCUT2D eigenvalue weighted by Gasteiger charge is 2.41. The van der Waals surface area contributed by atoms with E-state index in [4.69, 9.17) is 9.47 Å². The molecule has 1 saturated heterocycles. The molecule has 2 aromatic rings. The summed E-state index contributed by atoms with van der Waals surface area (Å²) in [6.07, 6.45) is 1.19. The number of hydrogen-bond donors (Lipinski definition) is 1. The average Bonchev–Trinajstić information content (AvgIpc) is 3.10. The second-order valence-corrected chi connectivity index (χ2v) is 6.07. The SMILES string of the molecule is COC(=O)c1ccc([C@@H]2Nc3ccccc3[C@@H]3OCC[C@H]23)cc1. The fourth-order valence-electron chi connectivity index (χ4n) is 3.69. The summed E-state index contributed by atoms with van der Waals surface area (Å²) < 4.78 is 10.8. The molecular formula is C19H19NO3. The molecule has 2 aliphatic rings. The molecule has 118 valence electrons. The van der Waals surface area contributed by atoms with Crippen molar-refractivity contribution in [2.24, 2.45) is 5.92 Å². The number of fused-ring (bicyclic) bond motifs is 3. The second-order valence-electron chi connectivity index (χ2n) is 6.07. The lowest BCUT2D eigenvalue weighted by Crippen LogP contribution is -2.29. The Morgan fingerprint density at radius 1 is 1.17 bits per heavy atom. The van der Waals surface area contributed by atoms with Gasteiger partial charge in [-0.15, -0.1) is 0 Å². The minimum atomic E-state index is -0.305. The van der Waals surface area contributed by atoms with E-state index in [1.165, 1.54) is 18.2 Å². The Kier molecular flexibility index (Phi) is 3.54. The number of rotatable bonds is 2. The van der Waals surface area contributed by atoms with Crippen LogP contribution in [0.3, 0.4) is 0 Å². The third kappa shape index (κ3) is 2.39. The van der Waals surface area contributed by atoms with E-state index in [1.54, 1.807) is 0 Å². The van der Waals surface area contributed by atoms with E-state index in [0.29, 0.717) is 11.5 Å². The van der Waals surface area contributed by atoms with E-state index >= 15 is 0 Å². The van der Waals surface area contributed by atoms with Crippen LogP contribution in [0.2, 0.25) is 0 Å². The van der Waals surface area contributed by atoms with Crippen LogP contribution >= 0.6 is 0 Å². The minimum Gasteiger partial charge on any atom is -0.465 e. The number of para-hydroxylation sites is 1. The van der Waals surface area contributed by atoms with Gasteiger partial charge in [0.05, 0.1) is 24.8 Å². The smallest absolute Gasteiger partial charge is 0.337 e. The Labute approximate surface area is 135 Å². The molecule has 0 radical (unpaired) electrons. The number of methoxy groups -OCH3 is 1. The van der Waals surface area contributed by atoms with Gasteiger partial charge in [-0.05, 0) is 30.2 Å². The Morgan fingerprint density at radius 3 is 2.74 bits per heavy atom. The molecule has 1 N–H and O–H groups in total. The van der Waals surface area contributed by atoms with Crippen LogP contribution in [-0.2, 0) is 9.47 Å². The number of hydrogen-bond acceptors (Lipinski definition) is 4. The van der Waals surface area contributed by atoms with Gasteiger partial charge in [0, 0.05) is 23.8 Å². The van der Waals surface area contributed by atoms with Gasteiger partial charge in [0.25, 0.3) is 0 Å². The highest BCUT2D eigenvalue weighted by Crippen LogP contribution is 2.49. The lowest BCUT2D eigenvalue weighted by atomic mass is 9.81. The third-order valence-corrected chi connectivity index (χ3v) is 4.83. The molecule has 23 heavy (non-hydrogen) atoms. The molecule has 0 bridgehead atoms. The zero-order valence-corrected chi connectivity index (χ0v) is 13.0. The molecule has 2 aliphatic heterocycles. The van der Waals surface area contributed by atoms with Crippen LogP contribution in [0.4, 0.5) is 5.69 Å². The van der Waals surface area contributed by atoms with Gasteiger partial charge in [0.1, 0.15) is 0 Å². The van der Waals surface area contributed by atoms with E-state index in [-0.39, 0.29) is 18.1 Å². The van der Waals surface area contributed by atoms with E-state index in [9.17, 15) is 4.79 Å². The number of carbonyl (C=O) groups is 1. The summed E-state index contributed by atoms with van der Waals surface area (Å²) in [5.41, 5.74) is 4.13. The van der Waals surface area contributed by atoms with Gasteiger partial charge >= 0.3 is 5.97 Å². The second kappa shape index (κ2) is 5.70. The van der Waals surface area contributed by atoms with Crippen molar-refractivity contribution < 1.29 is 14.3 Å². The highest BCUT2D eigenvalue weighted by molar-refractivity contribution is 5.89. The predicted molar refractivity (Wildman–Crippen MR) is 87.4 cm³/mol. The first kappa shape index (κ1) is 14.3. The van der Waals surface area contributed by atoms with Gasteiger partial charge in [-0.1, -0.05) is 30.3 Å². The molecule has 0 unspecified atom stereocenters. The number of ether oxygens (including phenoxy) is 2. The number of anilines is 1. The molecule has 1 fully saturated rings. The monoisotopic (exact) mass is 309 g/mol. The van der Waals surface area contributed by atoms with Crippen LogP contribution in [0, 0.1) is 5.92 Å². The van der Waals surface area contributed by atoms with Gasteiger partial charge in [-0.3, -0.25) is 0 Å². The molecule has 0 amide bonds. The molecule has 3 atom stereocenters. The van der Waals surface area contributed by atoms with Crippen LogP contribution in [0.5, 0.6) is 0 Å². The molecule has 2 aromatic carbocycles. The van der Waals surface area contributed by atoms with E-state index < -0.39 is 0 Å². The molecule has 4 rings (SSSR count). The van der Waals surface area contributed by atoms with Crippen molar-refractivity contribution in [3.63, 3.8) is 0 Å². The first-order valence-electron chi connectivity index (χ1n) is 7.93. The quantitative estimate of drug-likeness (QED) is 0.859. The molecule has 0 saturated carbocycles. The van der Waals surface area contributed by atoms with Gasteiger partial charge < -0.3 is 14.8 Å². The summed E-state index contributed by atoms with van der Waals surface area (Å²) in [6.45, 7) is 0.794. The standard InChI is InChI=1S/C19H19NO3/c1-22-19(21)13-8-6-12(7-9-13)17-15-10-11-23-18(15)14-4-2-3-5-16(14)20-17/h2-9,15,17-18,20H,10-11H2,1H3/t15-,17+,18+/m1/s1. The molecule has 0 aliphatic carbocycles. The summed E-state index contributed by atoms with van der Waals surface area (Å²) in [5, 5.41) is 3.65.